The number of carbonyl (C=O) groups excluding carboxylic acids is 2. The molecule has 0 bridgehead atoms. The predicted molar refractivity (Wildman–Crippen MR) is 108 cm³/mol. The molecule has 2 aromatic carbocycles. The van der Waals surface area contributed by atoms with Crippen LogP contribution in [0, 0.1) is 0 Å². The standard InChI is InChI=1S/C23H21NO6/c1-14(22(26)24-11-5-8-19(24)23(27)28)29-16-9-10-17-18(15-6-3-2-4-7-15)13-21(25)30-20(17)12-16/h2-4,6-7,9-10,12-14,19H,5,8,11H2,1H3,(H,27,28)/p-1/t14-,19+/m0/s1. The zero-order valence-corrected chi connectivity index (χ0v) is 16.4. The van der Waals surface area contributed by atoms with Gasteiger partial charge >= 0.3 is 5.63 Å². The highest BCUT2D eigenvalue weighted by atomic mass is 16.5. The fraction of sp³-hybridized carbons (Fsp3) is 0.261. The summed E-state index contributed by atoms with van der Waals surface area (Å²) in [5, 5.41) is 12.0. The summed E-state index contributed by atoms with van der Waals surface area (Å²) < 4.78 is 11.1. The number of carbonyl (C=O) groups is 2. The van der Waals surface area contributed by atoms with Gasteiger partial charge in [-0.1, -0.05) is 30.3 Å². The Balaban J connectivity index is 1.60. The first-order valence-electron chi connectivity index (χ1n) is 9.75. The first-order chi connectivity index (χ1) is 14.4. The molecule has 0 N–H and O–H groups in total. The maximum Gasteiger partial charge on any atom is 0.336 e. The summed E-state index contributed by atoms with van der Waals surface area (Å²) in [6.07, 6.45) is 0.0939. The van der Waals surface area contributed by atoms with Crippen LogP contribution in [0.2, 0.25) is 0 Å². The molecule has 1 aliphatic heterocycles. The third-order valence-corrected chi connectivity index (χ3v) is 5.27. The predicted octanol–water partition coefficient (Wildman–Crippen LogP) is 1.97. The molecule has 30 heavy (non-hydrogen) atoms. The van der Waals surface area contributed by atoms with Crippen molar-refractivity contribution in [3.63, 3.8) is 0 Å². The van der Waals surface area contributed by atoms with Crippen LogP contribution < -0.4 is 15.5 Å². The Bertz CT molecular complexity index is 1150. The van der Waals surface area contributed by atoms with E-state index >= 15 is 0 Å². The number of fused-ring (bicyclic) bond motifs is 1. The molecule has 0 aliphatic carbocycles. The van der Waals surface area contributed by atoms with Gasteiger partial charge in [-0.2, -0.15) is 0 Å². The van der Waals surface area contributed by atoms with E-state index in [1.807, 2.05) is 30.3 Å². The van der Waals surface area contributed by atoms with Crippen LogP contribution in [0.3, 0.4) is 0 Å². The van der Waals surface area contributed by atoms with Gasteiger partial charge in [0.15, 0.2) is 6.10 Å². The Kier molecular flexibility index (Phi) is 5.27. The molecule has 0 saturated carbocycles. The van der Waals surface area contributed by atoms with Gasteiger partial charge in [0, 0.05) is 24.1 Å². The van der Waals surface area contributed by atoms with E-state index in [2.05, 4.69) is 0 Å². The number of rotatable bonds is 5. The Morgan fingerprint density at radius 3 is 2.67 bits per heavy atom. The topological polar surface area (TPSA) is 99.9 Å². The smallest absolute Gasteiger partial charge is 0.336 e. The van der Waals surface area contributed by atoms with E-state index in [1.165, 1.54) is 11.0 Å². The Labute approximate surface area is 172 Å². The van der Waals surface area contributed by atoms with Gasteiger partial charge in [-0.15, -0.1) is 0 Å². The van der Waals surface area contributed by atoms with Crippen LogP contribution in [0.4, 0.5) is 0 Å². The lowest BCUT2D eigenvalue weighted by Crippen LogP contribution is -2.50. The number of carboxylic acid groups (broad SMARTS) is 1. The van der Waals surface area contributed by atoms with Crippen molar-refractivity contribution in [3.8, 4) is 16.9 Å². The highest BCUT2D eigenvalue weighted by molar-refractivity contribution is 5.94. The van der Waals surface area contributed by atoms with Crippen LogP contribution in [0.5, 0.6) is 5.75 Å². The van der Waals surface area contributed by atoms with Gasteiger partial charge < -0.3 is 24.0 Å². The second-order valence-corrected chi connectivity index (χ2v) is 7.27. The first-order valence-corrected chi connectivity index (χ1v) is 9.75. The summed E-state index contributed by atoms with van der Waals surface area (Å²) in [6, 6.07) is 15.0. The summed E-state index contributed by atoms with van der Waals surface area (Å²) in [5.74, 6) is -1.32. The number of aliphatic carboxylic acids is 1. The van der Waals surface area contributed by atoms with Crippen molar-refractivity contribution < 1.29 is 23.8 Å². The summed E-state index contributed by atoms with van der Waals surface area (Å²) in [7, 11) is 0. The van der Waals surface area contributed by atoms with Crippen molar-refractivity contribution in [1.29, 1.82) is 0 Å². The average molecular weight is 406 g/mol. The van der Waals surface area contributed by atoms with Crippen LogP contribution in [-0.4, -0.2) is 35.5 Å². The van der Waals surface area contributed by atoms with Crippen LogP contribution in [0.25, 0.3) is 22.1 Å². The lowest BCUT2D eigenvalue weighted by Gasteiger charge is -2.28. The third-order valence-electron chi connectivity index (χ3n) is 5.27. The minimum absolute atomic E-state index is 0.340. The average Bonchev–Trinajstić information content (AvgIpc) is 3.23. The second kappa shape index (κ2) is 8.02. The van der Waals surface area contributed by atoms with E-state index in [1.54, 1.807) is 25.1 Å². The lowest BCUT2D eigenvalue weighted by atomic mass is 10.0. The van der Waals surface area contributed by atoms with Crippen molar-refractivity contribution in [2.75, 3.05) is 6.54 Å². The normalized spacial score (nSPS) is 17.1. The number of benzene rings is 2. The fourth-order valence-corrected chi connectivity index (χ4v) is 3.84. The van der Waals surface area contributed by atoms with Crippen molar-refractivity contribution >= 4 is 22.8 Å². The summed E-state index contributed by atoms with van der Waals surface area (Å²) in [5.41, 5.74) is 1.48. The minimum Gasteiger partial charge on any atom is -0.548 e. The van der Waals surface area contributed by atoms with Crippen molar-refractivity contribution in [3.05, 3.63) is 65.0 Å². The number of likely N-dealkylation sites (tertiary alicyclic amines) is 1. The van der Waals surface area contributed by atoms with Crippen molar-refractivity contribution in [2.45, 2.75) is 31.9 Å². The maximum atomic E-state index is 12.7. The minimum atomic E-state index is -1.26. The highest BCUT2D eigenvalue weighted by Gasteiger charge is 2.33. The van der Waals surface area contributed by atoms with Gasteiger partial charge in [0.25, 0.3) is 5.91 Å². The van der Waals surface area contributed by atoms with E-state index in [9.17, 15) is 19.5 Å². The molecular formula is C23H20NO6-. The molecule has 4 rings (SSSR count). The van der Waals surface area contributed by atoms with Gasteiger partial charge in [-0.25, -0.2) is 4.79 Å². The van der Waals surface area contributed by atoms with E-state index < -0.39 is 29.6 Å². The van der Waals surface area contributed by atoms with Gasteiger partial charge in [0.1, 0.15) is 11.3 Å². The van der Waals surface area contributed by atoms with Gasteiger partial charge in [0.05, 0.1) is 12.0 Å². The Morgan fingerprint density at radius 1 is 1.17 bits per heavy atom. The monoisotopic (exact) mass is 406 g/mol. The van der Waals surface area contributed by atoms with Crippen molar-refractivity contribution in [1.82, 2.24) is 4.90 Å². The third kappa shape index (κ3) is 3.78. The number of carboxylic acids is 1. The molecule has 1 saturated heterocycles. The van der Waals surface area contributed by atoms with Gasteiger partial charge in [-0.3, -0.25) is 4.79 Å². The molecule has 1 amide bonds. The van der Waals surface area contributed by atoms with Crippen LogP contribution in [0.1, 0.15) is 19.8 Å². The van der Waals surface area contributed by atoms with Crippen LogP contribution in [-0.2, 0) is 9.59 Å². The quantitative estimate of drug-likeness (QED) is 0.601. The van der Waals surface area contributed by atoms with E-state index in [-0.39, 0.29) is 0 Å². The molecule has 3 aromatic rings. The zero-order valence-electron chi connectivity index (χ0n) is 16.4. The van der Waals surface area contributed by atoms with Crippen LogP contribution >= 0.6 is 0 Å². The Hall–Kier alpha value is -3.61. The van der Waals surface area contributed by atoms with E-state index in [4.69, 9.17) is 9.15 Å². The second-order valence-electron chi connectivity index (χ2n) is 7.27. The molecule has 154 valence electrons. The number of hydrogen-bond donors (Lipinski definition) is 0. The molecular weight excluding hydrogens is 386 g/mol. The molecule has 1 aliphatic rings. The van der Waals surface area contributed by atoms with Gasteiger partial charge in [0.2, 0.25) is 0 Å². The number of amides is 1. The molecule has 1 aromatic heterocycles. The molecule has 2 atom stereocenters. The first kappa shape index (κ1) is 19.7. The van der Waals surface area contributed by atoms with Gasteiger partial charge in [-0.05, 0) is 43.0 Å². The maximum absolute atomic E-state index is 12.7. The molecule has 7 heteroatoms. The largest absolute Gasteiger partial charge is 0.548 e. The summed E-state index contributed by atoms with van der Waals surface area (Å²) >= 11 is 0. The number of hydrogen-bond acceptors (Lipinski definition) is 6. The molecule has 0 spiro atoms. The molecule has 1 fully saturated rings. The summed E-state index contributed by atoms with van der Waals surface area (Å²) in [6.45, 7) is 1.92. The number of ether oxygens (including phenoxy) is 1. The molecule has 7 nitrogen and oxygen atoms in total. The molecule has 2 heterocycles. The summed E-state index contributed by atoms with van der Waals surface area (Å²) in [4.78, 5) is 37.2. The molecule has 0 unspecified atom stereocenters. The zero-order chi connectivity index (χ0) is 21.3. The van der Waals surface area contributed by atoms with Crippen molar-refractivity contribution in [2.24, 2.45) is 0 Å². The Morgan fingerprint density at radius 2 is 1.93 bits per heavy atom. The van der Waals surface area contributed by atoms with E-state index in [0.717, 1.165) is 16.5 Å². The lowest BCUT2D eigenvalue weighted by molar-refractivity contribution is -0.310. The fourth-order valence-electron chi connectivity index (χ4n) is 3.84. The highest BCUT2D eigenvalue weighted by Crippen LogP contribution is 2.30. The van der Waals surface area contributed by atoms with Crippen LogP contribution in [0.15, 0.2) is 63.8 Å². The SMILES string of the molecule is C[C@H](Oc1ccc2c(-c3ccccc3)cc(=O)oc2c1)C(=O)N1CCC[C@@H]1C(=O)[O-]. The number of nitrogens with zero attached hydrogens (tertiary/aromatic N) is 1. The van der Waals surface area contributed by atoms with E-state index in [0.29, 0.717) is 30.7 Å². The molecule has 0 radical (unpaired) electrons.